The largest absolute Gasteiger partial charge is 0.360 e. The third-order valence-electron chi connectivity index (χ3n) is 5.19. The van der Waals surface area contributed by atoms with Crippen molar-refractivity contribution in [2.24, 2.45) is 0 Å². The van der Waals surface area contributed by atoms with Crippen molar-refractivity contribution in [1.29, 1.82) is 0 Å². The van der Waals surface area contributed by atoms with E-state index in [4.69, 9.17) is 0 Å². The smallest absolute Gasteiger partial charge is 0.234 e. The van der Waals surface area contributed by atoms with E-state index in [0.29, 0.717) is 17.3 Å². The molecule has 5 rings (SSSR count). The van der Waals surface area contributed by atoms with Gasteiger partial charge in [0.05, 0.1) is 5.75 Å². The Kier molecular flexibility index (Phi) is 4.78. The Labute approximate surface area is 176 Å². The highest BCUT2D eigenvalue weighted by Crippen LogP contribution is 2.42. The molecule has 0 aliphatic heterocycles. The van der Waals surface area contributed by atoms with Gasteiger partial charge in [-0.05, 0) is 43.5 Å². The average Bonchev–Trinajstić information content (AvgIpc) is 3.35. The molecule has 2 aromatic carbocycles. The van der Waals surface area contributed by atoms with Crippen LogP contribution in [0.2, 0.25) is 0 Å². The number of aryl methyl sites for hydroxylation is 1. The number of fused-ring (bicyclic) bond motifs is 1. The zero-order chi connectivity index (χ0) is 20.7. The van der Waals surface area contributed by atoms with Crippen molar-refractivity contribution >= 4 is 34.3 Å². The van der Waals surface area contributed by atoms with Crippen LogP contribution >= 0.6 is 11.8 Å². The molecule has 2 aromatic heterocycles. The molecule has 1 fully saturated rings. The highest BCUT2D eigenvalue weighted by molar-refractivity contribution is 7.99. The highest BCUT2D eigenvalue weighted by atomic mass is 32.2. The minimum absolute atomic E-state index is 0.175. The van der Waals surface area contributed by atoms with E-state index in [0.717, 1.165) is 40.3 Å². The van der Waals surface area contributed by atoms with Crippen molar-refractivity contribution < 1.29 is 9.18 Å². The van der Waals surface area contributed by atoms with Crippen molar-refractivity contribution in [2.75, 3.05) is 11.1 Å². The Balaban J connectivity index is 1.35. The fourth-order valence-electron chi connectivity index (χ4n) is 3.48. The van der Waals surface area contributed by atoms with Gasteiger partial charge in [0.15, 0.2) is 11.0 Å². The Morgan fingerprint density at radius 2 is 2.10 bits per heavy atom. The molecule has 2 heterocycles. The van der Waals surface area contributed by atoms with Gasteiger partial charge in [-0.15, -0.1) is 10.2 Å². The lowest BCUT2D eigenvalue weighted by Crippen LogP contribution is -2.15. The number of thioether (sulfide) groups is 1. The molecule has 0 bridgehead atoms. The van der Waals surface area contributed by atoms with Crippen LogP contribution in [0.4, 0.5) is 10.1 Å². The number of rotatable bonds is 6. The molecule has 0 unspecified atom stereocenters. The molecule has 1 aliphatic rings. The Morgan fingerprint density at radius 3 is 2.90 bits per heavy atom. The fraction of sp³-hybridized carbons (Fsp3) is 0.227. The number of aromatic amines is 1. The summed E-state index contributed by atoms with van der Waals surface area (Å²) >= 11 is 1.35. The van der Waals surface area contributed by atoms with Crippen molar-refractivity contribution in [3.05, 3.63) is 60.0 Å². The summed E-state index contributed by atoms with van der Waals surface area (Å²) in [6.07, 6.45) is 4.12. The molecule has 8 heteroatoms. The lowest BCUT2D eigenvalue weighted by Gasteiger charge is -2.09. The first-order valence-corrected chi connectivity index (χ1v) is 10.8. The minimum atomic E-state index is -0.336. The van der Waals surface area contributed by atoms with E-state index in [9.17, 15) is 9.18 Å². The predicted octanol–water partition coefficient (Wildman–Crippen LogP) is 4.94. The molecule has 152 valence electrons. The molecular formula is C22H20FN5OS. The molecule has 1 amide bonds. The normalized spacial score (nSPS) is 13.7. The first-order chi connectivity index (χ1) is 14.6. The third-order valence-corrected chi connectivity index (χ3v) is 6.14. The second-order valence-electron chi connectivity index (χ2n) is 7.46. The molecule has 1 aliphatic carbocycles. The number of nitrogens with zero attached hydrogens (tertiary/aromatic N) is 3. The molecular weight excluding hydrogens is 401 g/mol. The van der Waals surface area contributed by atoms with E-state index >= 15 is 0 Å². The van der Waals surface area contributed by atoms with E-state index in [2.05, 4.69) is 31.1 Å². The van der Waals surface area contributed by atoms with Crippen LogP contribution < -0.4 is 5.32 Å². The molecule has 30 heavy (non-hydrogen) atoms. The minimum Gasteiger partial charge on any atom is -0.360 e. The van der Waals surface area contributed by atoms with Gasteiger partial charge in [-0.2, -0.15) is 0 Å². The van der Waals surface area contributed by atoms with Gasteiger partial charge in [0, 0.05) is 34.4 Å². The molecule has 0 spiro atoms. The summed E-state index contributed by atoms with van der Waals surface area (Å²) in [5.41, 5.74) is 3.06. The number of benzene rings is 2. The number of amides is 1. The Hall–Kier alpha value is -3.13. The van der Waals surface area contributed by atoms with Crippen molar-refractivity contribution in [3.63, 3.8) is 0 Å². The maximum absolute atomic E-state index is 13.7. The Bertz CT molecular complexity index is 1240. The highest BCUT2D eigenvalue weighted by Gasteiger charge is 2.31. The maximum Gasteiger partial charge on any atom is 0.234 e. The van der Waals surface area contributed by atoms with Gasteiger partial charge >= 0.3 is 0 Å². The number of anilines is 1. The zero-order valence-corrected chi connectivity index (χ0v) is 17.2. The van der Waals surface area contributed by atoms with Crippen LogP contribution in [0.1, 0.15) is 24.4 Å². The number of nitrogens with one attached hydrogen (secondary N) is 2. The van der Waals surface area contributed by atoms with Crippen molar-refractivity contribution in [2.45, 2.75) is 31.0 Å². The van der Waals surface area contributed by atoms with Gasteiger partial charge in [-0.1, -0.05) is 36.0 Å². The van der Waals surface area contributed by atoms with E-state index in [1.54, 1.807) is 19.1 Å². The number of halogens is 1. The number of hydrogen-bond acceptors (Lipinski definition) is 4. The summed E-state index contributed by atoms with van der Waals surface area (Å²) < 4.78 is 15.8. The summed E-state index contributed by atoms with van der Waals surface area (Å²) in [6, 6.07) is 13.1. The molecule has 4 aromatic rings. The van der Waals surface area contributed by atoms with E-state index < -0.39 is 0 Å². The van der Waals surface area contributed by atoms with Crippen LogP contribution in [0.5, 0.6) is 0 Å². The van der Waals surface area contributed by atoms with E-state index in [1.807, 2.05) is 24.4 Å². The van der Waals surface area contributed by atoms with Crippen LogP contribution in [-0.2, 0) is 4.79 Å². The first-order valence-electron chi connectivity index (χ1n) is 9.80. The SMILES string of the molecule is Cc1ccc(NC(=O)CSc2nnc(-c3c[nH]c4ccccc34)n2C2CC2)cc1F. The summed E-state index contributed by atoms with van der Waals surface area (Å²) in [5.74, 6) is 0.451. The lowest BCUT2D eigenvalue weighted by atomic mass is 10.1. The van der Waals surface area contributed by atoms with Crippen LogP contribution in [0.25, 0.3) is 22.3 Å². The van der Waals surface area contributed by atoms with Gasteiger partial charge in [-0.3, -0.25) is 9.36 Å². The van der Waals surface area contributed by atoms with Crippen LogP contribution in [0.15, 0.2) is 53.8 Å². The summed E-state index contributed by atoms with van der Waals surface area (Å²) in [6.45, 7) is 1.69. The monoisotopic (exact) mass is 421 g/mol. The van der Waals surface area contributed by atoms with E-state index in [-0.39, 0.29) is 17.5 Å². The van der Waals surface area contributed by atoms with Gasteiger partial charge < -0.3 is 10.3 Å². The van der Waals surface area contributed by atoms with Gasteiger partial charge in [0.25, 0.3) is 0 Å². The fourth-order valence-corrected chi connectivity index (χ4v) is 4.28. The van der Waals surface area contributed by atoms with Gasteiger partial charge in [0.2, 0.25) is 5.91 Å². The van der Waals surface area contributed by atoms with Crippen molar-refractivity contribution in [3.8, 4) is 11.4 Å². The molecule has 2 N–H and O–H groups in total. The third kappa shape index (κ3) is 3.59. The topological polar surface area (TPSA) is 75.6 Å². The summed E-state index contributed by atoms with van der Waals surface area (Å²) in [5, 5.41) is 13.4. The summed E-state index contributed by atoms with van der Waals surface area (Å²) in [7, 11) is 0. The number of aromatic nitrogens is 4. The predicted molar refractivity (Wildman–Crippen MR) is 116 cm³/mol. The zero-order valence-electron chi connectivity index (χ0n) is 16.4. The average molecular weight is 422 g/mol. The molecule has 0 radical (unpaired) electrons. The number of carbonyl (C=O) groups is 1. The second kappa shape index (κ2) is 7.60. The number of para-hydroxylation sites is 1. The van der Waals surface area contributed by atoms with Crippen molar-refractivity contribution in [1.82, 2.24) is 19.7 Å². The molecule has 1 saturated carbocycles. The number of H-pyrrole nitrogens is 1. The van der Waals surface area contributed by atoms with E-state index in [1.165, 1.54) is 17.8 Å². The number of hydrogen-bond donors (Lipinski definition) is 2. The maximum atomic E-state index is 13.7. The Morgan fingerprint density at radius 1 is 1.27 bits per heavy atom. The van der Waals surface area contributed by atoms with Gasteiger partial charge in [0.1, 0.15) is 5.82 Å². The quantitative estimate of drug-likeness (QED) is 0.433. The molecule has 6 nitrogen and oxygen atoms in total. The lowest BCUT2D eigenvalue weighted by molar-refractivity contribution is -0.113. The number of carbonyl (C=O) groups excluding carboxylic acids is 1. The molecule has 0 saturated heterocycles. The van der Waals surface area contributed by atoms with Gasteiger partial charge in [-0.25, -0.2) is 4.39 Å². The van der Waals surface area contributed by atoms with Crippen LogP contribution in [0, 0.1) is 12.7 Å². The summed E-state index contributed by atoms with van der Waals surface area (Å²) in [4.78, 5) is 15.7. The standard InChI is InChI=1S/C22H20FN5OS/c1-13-6-7-14(10-18(13)23)25-20(29)12-30-22-27-26-21(28(22)15-8-9-15)17-11-24-19-5-3-2-4-16(17)19/h2-7,10-11,15,24H,8-9,12H2,1H3,(H,25,29). The van der Waals surface area contributed by atoms with Crippen LogP contribution in [0.3, 0.4) is 0 Å². The molecule has 0 atom stereocenters. The van der Waals surface area contributed by atoms with Crippen LogP contribution in [-0.4, -0.2) is 31.4 Å². The first kappa shape index (κ1) is 18.9. The second-order valence-corrected chi connectivity index (χ2v) is 8.40.